The molecule has 1 aliphatic carbocycles. The molecule has 0 aromatic carbocycles. The normalized spacial score (nSPS) is 25.2. The fraction of sp³-hybridized carbons (Fsp3) is 0.636. The second-order valence-electron chi connectivity index (χ2n) is 5.07. The second-order valence-corrected chi connectivity index (χ2v) is 5.07. The summed E-state index contributed by atoms with van der Waals surface area (Å²) in [5, 5.41) is 11.7. The van der Waals surface area contributed by atoms with Gasteiger partial charge in [-0.25, -0.2) is 0 Å². The minimum atomic E-state index is 0.153. The molecule has 4 nitrogen and oxygen atoms in total. The Labute approximate surface area is 89.6 Å². The molecule has 0 saturated carbocycles. The van der Waals surface area contributed by atoms with E-state index in [0.717, 1.165) is 25.8 Å². The number of nitrogens with zero attached hydrogens (tertiary/aromatic N) is 2. The highest BCUT2D eigenvalue weighted by Gasteiger charge is 2.32. The van der Waals surface area contributed by atoms with E-state index >= 15 is 0 Å². The molecule has 2 rings (SSSR count). The molecule has 2 aliphatic rings. The number of oxime groups is 1. The van der Waals surface area contributed by atoms with Gasteiger partial charge in [-0.15, -0.1) is 0 Å². The van der Waals surface area contributed by atoms with Gasteiger partial charge in [-0.2, -0.15) is 0 Å². The summed E-state index contributed by atoms with van der Waals surface area (Å²) in [6, 6.07) is 0. The van der Waals surface area contributed by atoms with E-state index in [0.29, 0.717) is 11.1 Å². The van der Waals surface area contributed by atoms with E-state index in [9.17, 15) is 0 Å². The quantitative estimate of drug-likeness (QED) is 0.297. The van der Waals surface area contributed by atoms with Crippen molar-refractivity contribution in [1.82, 2.24) is 0 Å². The molecule has 0 spiro atoms. The van der Waals surface area contributed by atoms with E-state index in [4.69, 9.17) is 10.9 Å². The minimum Gasteiger partial charge on any atom is -0.409 e. The van der Waals surface area contributed by atoms with E-state index < -0.39 is 0 Å². The number of aliphatic imine (C=N–C) groups is 1. The molecule has 0 amide bonds. The highest BCUT2D eigenvalue weighted by atomic mass is 16.4. The Balaban J connectivity index is 2.26. The van der Waals surface area contributed by atoms with Gasteiger partial charge in [-0.3, -0.25) is 4.99 Å². The van der Waals surface area contributed by atoms with Crippen LogP contribution in [-0.4, -0.2) is 23.3 Å². The second kappa shape index (κ2) is 3.36. The summed E-state index contributed by atoms with van der Waals surface area (Å²) in [6.07, 6.45) is 3.22. The van der Waals surface area contributed by atoms with Gasteiger partial charge in [0, 0.05) is 0 Å². The Morgan fingerprint density at radius 2 is 2.27 bits per heavy atom. The van der Waals surface area contributed by atoms with Crippen molar-refractivity contribution in [3.05, 3.63) is 11.1 Å². The molecular formula is C11H17N3O. The van der Waals surface area contributed by atoms with Gasteiger partial charge in [0.2, 0.25) is 0 Å². The maximum atomic E-state index is 8.65. The standard InChI is InChI=1S/C11H17N3O/c1-11(2)4-3-8-7(5-11)6-13-9(8)10(12)14-15/h15H,3-6H2,1-2H3,(H2,12,14). The number of hydrogen-bond donors (Lipinski definition) is 2. The van der Waals surface area contributed by atoms with Gasteiger partial charge in [0.15, 0.2) is 5.84 Å². The first kappa shape index (κ1) is 10.2. The van der Waals surface area contributed by atoms with Crippen LogP contribution < -0.4 is 5.73 Å². The number of amidine groups is 1. The number of rotatable bonds is 1. The lowest BCUT2D eigenvalue weighted by Crippen LogP contribution is -2.27. The highest BCUT2D eigenvalue weighted by Crippen LogP contribution is 2.41. The van der Waals surface area contributed by atoms with Crippen molar-refractivity contribution in [2.24, 2.45) is 21.3 Å². The summed E-state index contributed by atoms with van der Waals surface area (Å²) in [4.78, 5) is 4.34. The van der Waals surface area contributed by atoms with Crippen LogP contribution in [-0.2, 0) is 0 Å². The molecule has 4 heteroatoms. The maximum absolute atomic E-state index is 8.65. The predicted molar refractivity (Wildman–Crippen MR) is 60.4 cm³/mol. The van der Waals surface area contributed by atoms with Crippen LogP contribution in [0.2, 0.25) is 0 Å². The van der Waals surface area contributed by atoms with Crippen LogP contribution in [0.1, 0.15) is 33.1 Å². The molecule has 0 aromatic heterocycles. The van der Waals surface area contributed by atoms with Crippen molar-refractivity contribution >= 4 is 11.5 Å². The van der Waals surface area contributed by atoms with Crippen LogP contribution in [0.3, 0.4) is 0 Å². The van der Waals surface area contributed by atoms with E-state index in [1.807, 2.05) is 0 Å². The molecule has 1 aliphatic heterocycles. The Bertz CT molecular complexity index is 377. The van der Waals surface area contributed by atoms with Crippen molar-refractivity contribution in [3.8, 4) is 0 Å². The Hall–Kier alpha value is -1.32. The molecule has 0 fully saturated rings. The molecular weight excluding hydrogens is 190 g/mol. The largest absolute Gasteiger partial charge is 0.409 e. The fourth-order valence-electron chi connectivity index (χ4n) is 2.40. The van der Waals surface area contributed by atoms with E-state index in [1.165, 1.54) is 11.1 Å². The Kier molecular flexibility index (Phi) is 2.29. The van der Waals surface area contributed by atoms with Gasteiger partial charge >= 0.3 is 0 Å². The molecule has 0 bridgehead atoms. The molecule has 0 saturated heterocycles. The lowest BCUT2D eigenvalue weighted by Gasteiger charge is -2.30. The molecule has 15 heavy (non-hydrogen) atoms. The average molecular weight is 207 g/mol. The number of nitrogens with two attached hydrogens (primary N) is 1. The molecule has 82 valence electrons. The topological polar surface area (TPSA) is 71.0 Å². The predicted octanol–water partition coefficient (Wildman–Crippen LogP) is 1.69. The minimum absolute atomic E-state index is 0.153. The van der Waals surface area contributed by atoms with Crippen molar-refractivity contribution in [2.75, 3.05) is 6.54 Å². The van der Waals surface area contributed by atoms with Crippen LogP contribution in [0.4, 0.5) is 0 Å². The third kappa shape index (κ3) is 1.76. The Morgan fingerprint density at radius 3 is 2.93 bits per heavy atom. The summed E-state index contributed by atoms with van der Waals surface area (Å²) in [5.74, 6) is 0.153. The smallest absolute Gasteiger partial charge is 0.188 e. The van der Waals surface area contributed by atoms with Gasteiger partial charge in [0.25, 0.3) is 0 Å². The average Bonchev–Trinajstić information content (AvgIpc) is 2.57. The third-order valence-electron chi connectivity index (χ3n) is 3.23. The molecule has 1 heterocycles. The maximum Gasteiger partial charge on any atom is 0.188 e. The fourth-order valence-corrected chi connectivity index (χ4v) is 2.40. The highest BCUT2D eigenvalue weighted by molar-refractivity contribution is 6.47. The third-order valence-corrected chi connectivity index (χ3v) is 3.23. The summed E-state index contributed by atoms with van der Waals surface area (Å²) in [7, 11) is 0. The molecule has 0 atom stereocenters. The van der Waals surface area contributed by atoms with Gasteiger partial charge in [0.05, 0.1) is 6.54 Å². The van der Waals surface area contributed by atoms with Gasteiger partial charge in [-0.1, -0.05) is 19.0 Å². The molecule has 3 N–H and O–H groups in total. The lowest BCUT2D eigenvalue weighted by molar-refractivity contribution is 0.316. The number of hydrogen-bond acceptors (Lipinski definition) is 3. The van der Waals surface area contributed by atoms with Crippen LogP contribution in [0, 0.1) is 5.41 Å². The summed E-state index contributed by atoms with van der Waals surface area (Å²) >= 11 is 0. The van der Waals surface area contributed by atoms with Gasteiger partial charge in [0.1, 0.15) is 5.71 Å². The zero-order valence-corrected chi connectivity index (χ0v) is 9.25. The summed E-state index contributed by atoms with van der Waals surface area (Å²) in [6.45, 7) is 5.28. The van der Waals surface area contributed by atoms with E-state index in [-0.39, 0.29) is 5.84 Å². The van der Waals surface area contributed by atoms with Crippen LogP contribution in [0.25, 0.3) is 0 Å². The van der Waals surface area contributed by atoms with Crippen LogP contribution >= 0.6 is 0 Å². The zero-order chi connectivity index (χ0) is 11.1. The first-order valence-electron chi connectivity index (χ1n) is 5.27. The summed E-state index contributed by atoms with van der Waals surface area (Å²) in [5.41, 5.74) is 9.25. The van der Waals surface area contributed by atoms with Gasteiger partial charge in [-0.05, 0) is 35.8 Å². The lowest BCUT2D eigenvalue weighted by atomic mass is 9.74. The Morgan fingerprint density at radius 1 is 1.53 bits per heavy atom. The SMILES string of the molecule is CC1(C)CCC2=C(CN=C2/C(N)=N/O)C1. The van der Waals surface area contributed by atoms with Crippen molar-refractivity contribution < 1.29 is 5.21 Å². The first-order chi connectivity index (χ1) is 7.03. The molecule has 0 radical (unpaired) electrons. The van der Waals surface area contributed by atoms with Gasteiger partial charge < -0.3 is 10.9 Å². The zero-order valence-electron chi connectivity index (χ0n) is 9.25. The first-order valence-corrected chi connectivity index (χ1v) is 5.27. The van der Waals surface area contributed by atoms with Crippen molar-refractivity contribution in [3.63, 3.8) is 0 Å². The van der Waals surface area contributed by atoms with E-state index in [1.54, 1.807) is 0 Å². The van der Waals surface area contributed by atoms with Crippen LogP contribution in [0.15, 0.2) is 21.3 Å². The van der Waals surface area contributed by atoms with Crippen molar-refractivity contribution in [1.29, 1.82) is 0 Å². The monoisotopic (exact) mass is 207 g/mol. The molecule has 0 aromatic rings. The van der Waals surface area contributed by atoms with E-state index in [2.05, 4.69) is 24.0 Å². The summed E-state index contributed by atoms with van der Waals surface area (Å²) < 4.78 is 0. The van der Waals surface area contributed by atoms with Crippen LogP contribution in [0.5, 0.6) is 0 Å². The van der Waals surface area contributed by atoms with Crippen molar-refractivity contribution in [2.45, 2.75) is 33.1 Å². The molecule has 0 unspecified atom stereocenters.